The molecular weight excluding hydrogens is 1000 g/mol. The molecule has 0 saturated heterocycles. The number of pyridine rings is 1. The van der Waals surface area contributed by atoms with E-state index in [1.165, 1.54) is 118 Å². The van der Waals surface area contributed by atoms with Gasteiger partial charge in [-0.3, -0.25) is 0 Å². The minimum atomic E-state index is -0.465. The van der Waals surface area contributed by atoms with Crippen LogP contribution in [0.25, 0.3) is 78.8 Å². The average Bonchev–Trinajstić information content (AvgIpc) is 3.86. The number of aromatic nitrogens is 4. The van der Waals surface area contributed by atoms with E-state index in [1.807, 2.05) is 6.20 Å². The van der Waals surface area contributed by atoms with Crippen molar-refractivity contribution in [2.45, 2.75) is 83.5 Å². The largest absolute Gasteiger partial charge is 0.304 e. The SMILES string of the molecule is CCCCCCc1ccc(-c2nc(-c3ccc(CCCCCC)cc3)nc(-c3ccc(-c4[c-]cc5c(c4)-c4ccc(-c6ccccc6)cc4C54c5ccccc5-c5ccccc54)nc3)n2)cc1.[Ir]. The van der Waals surface area contributed by atoms with Gasteiger partial charge in [0.15, 0.2) is 17.5 Å². The summed E-state index contributed by atoms with van der Waals surface area (Å²) < 4.78 is 0. The Morgan fingerprint density at radius 2 is 0.926 bits per heavy atom. The van der Waals surface area contributed by atoms with Crippen LogP contribution in [-0.4, -0.2) is 19.9 Å². The summed E-state index contributed by atoms with van der Waals surface area (Å²) in [5.41, 5.74) is 19.5. The van der Waals surface area contributed by atoms with Gasteiger partial charge in [0.1, 0.15) is 0 Å². The first kappa shape index (κ1) is 45.1. The van der Waals surface area contributed by atoms with E-state index in [-0.39, 0.29) is 20.1 Å². The molecule has 2 aromatic heterocycles. The third-order valence-electron chi connectivity index (χ3n) is 14.1. The Hall–Kier alpha value is -6.65. The van der Waals surface area contributed by atoms with Crippen molar-refractivity contribution in [2.24, 2.45) is 0 Å². The molecule has 0 N–H and O–H groups in total. The Bertz CT molecular complexity index is 3080. The van der Waals surface area contributed by atoms with Crippen molar-refractivity contribution in [2.75, 3.05) is 0 Å². The van der Waals surface area contributed by atoms with Crippen molar-refractivity contribution < 1.29 is 20.1 Å². The minimum Gasteiger partial charge on any atom is -0.304 e. The summed E-state index contributed by atoms with van der Waals surface area (Å²) in [7, 11) is 0. The number of hydrogen-bond acceptors (Lipinski definition) is 4. The molecule has 7 aromatic carbocycles. The van der Waals surface area contributed by atoms with Gasteiger partial charge in [0.05, 0.1) is 0 Å². The normalized spacial score (nSPS) is 12.6. The van der Waals surface area contributed by atoms with Gasteiger partial charge in [-0.2, -0.15) is 0 Å². The molecular formula is C63H55IrN4-. The third kappa shape index (κ3) is 8.37. The van der Waals surface area contributed by atoms with E-state index in [9.17, 15) is 0 Å². The van der Waals surface area contributed by atoms with Gasteiger partial charge in [-0.15, -0.1) is 29.3 Å². The monoisotopic (exact) mass is 1060 g/mol. The van der Waals surface area contributed by atoms with Crippen LogP contribution >= 0.6 is 0 Å². The van der Waals surface area contributed by atoms with E-state index < -0.39 is 5.41 Å². The van der Waals surface area contributed by atoms with Crippen LogP contribution < -0.4 is 0 Å². The predicted molar refractivity (Wildman–Crippen MR) is 276 cm³/mol. The molecule has 9 aromatic rings. The van der Waals surface area contributed by atoms with E-state index in [2.05, 4.69) is 190 Å². The standard InChI is InChI=1S/C63H55N4.Ir/c1-3-5-7-10-18-43-26-30-46(31-27-43)60-65-61(47-32-28-44(29-33-47)19-11-8-6-4-2)67-62(66-60)50-36-39-59(64-42-50)49-35-38-57-54(40-49)53-37-34-48(45-20-12-9-13-21-45)41-58(53)63(57)55-24-16-14-22-51(55)52-23-15-17-25-56(52)63;/h9,12-17,20-34,36-42H,3-8,10-11,18-19H2,1-2H3;/q-1;. The van der Waals surface area contributed by atoms with E-state index in [0.717, 1.165) is 40.8 Å². The molecule has 5 heteroatoms. The second kappa shape index (κ2) is 19.9. The first-order chi connectivity index (χ1) is 33.1. The van der Waals surface area contributed by atoms with Gasteiger partial charge in [-0.1, -0.05) is 210 Å². The molecule has 0 bridgehead atoms. The summed E-state index contributed by atoms with van der Waals surface area (Å²) in [5.74, 6) is 1.93. The second-order valence-electron chi connectivity index (χ2n) is 18.4. The van der Waals surface area contributed by atoms with Gasteiger partial charge in [0.25, 0.3) is 0 Å². The summed E-state index contributed by atoms with van der Waals surface area (Å²) in [4.78, 5) is 20.4. The van der Waals surface area contributed by atoms with E-state index in [1.54, 1.807) is 0 Å². The van der Waals surface area contributed by atoms with E-state index in [4.69, 9.17) is 19.9 Å². The van der Waals surface area contributed by atoms with Crippen LogP contribution in [0.15, 0.2) is 176 Å². The van der Waals surface area contributed by atoms with Crippen LogP contribution in [0, 0.1) is 6.07 Å². The molecule has 11 rings (SSSR count). The molecule has 0 saturated carbocycles. The first-order valence-corrected chi connectivity index (χ1v) is 24.5. The van der Waals surface area contributed by atoms with Crippen LogP contribution in [0.1, 0.15) is 98.6 Å². The summed E-state index contributed by atoms with van der Waals surface area (Å²) in [6.45, 7) is 4.52. The summed E-state index contributed by atoms with van der Waals surface area (Å²) in [6.07, 6.45) is 14.1. The Morgan fingerprint density at radius 3 is 1.49 bits per heavy atom. The number of hydrogen-bond donors (Lipinski definition) is 0. The molecule has 68 heavy (non-hydrogen) atoms. The van der Waals surface area contributed by atoms with Gasteiger partial charge >= 0.3 is 0 Å². The average molecular weight is 1060 g/mol. The maximum absolute atomic E-state index is 5.10. The smallest absolute Gasteiger partial charge is 0.165 e. The predicted octanol–water partition coefficient (Wildman–Crippen LogP) is 16.0. The molecule has 2 aliphatic carbocycles. The van der Waals surface area contributed by atoms with Gasteiger partial charge < -0.3 is 4.98 Å². The van der Waals surface area contributed by atoms with Crippen molar-refractivity contribution in [1.29, 1.82) is 0 Å². The van der Waals surface area contributed by atoms with Crippen molar-refractivity contribution >= 4 is 0 Å². The molecule has 2 heterocycles. The van der Waals surface area contributed by atoms with Gasteiger partial charge in [0.2, 0.25) is 0 Å². The van der Waals surface area contributed by atoms with Crippen LogP contribution in [0.5, 0.6) is 0 Å². The van der Waals surface area contributed by atoms with E-state index >= 15 is 0 Å². The Labute approximate surface area is 415 Å². The number of aryl methyl sites for hydroxylation is 2. The Morgan fingerprint density at radius 1 is 0.412 bits per heavy atom. The molecule has 0 atom stereocenters. The zero-order valence-corrected chi connectivity index (χ0v) is 41.3. The van der Waals surface area contributed by atoms with Crippen LogP contribution in [0.4, 0.5) is 0 Å². The first-order valence-electron chi connectivity index (χ1n) is 24.5. The zero-order chi connectivity index (χ0) is 45.2. The van der Waals surface area contributed by atoms with Crippen molar-refractivity contribution in [1.82, 2.24) is 19.9 Å². The molecule has 337 valence electrons. The van der Waals surface area contributed by atoms with Crippen LogP contribution in [0.3, 0.4) is 0 Å². The molecule has 2 aliphatic rings. The van der Waals surface area contributed by atoms with Gasteiger partial charge in [-0.05, 0) is 93.1 Å². The topological polar surface area (TPSA) is 51.6 Å². The van der Waals surface area contributed by atoms with Crippen LogP contribution in [-0.2, 0) is 38.4 Å². The van der Waals surface area contributed by atoms with Gasteiger partial charge in [0, 0.05) is 48.4 Å². The summed E-state index contributed by atoms with van der Waals surface area (Å²) >= 11 is 0. The third-order valence-corrected chi connectivity index (χ3v) is 14.1. The fraction of sp³-hybridized carbons (Fsp3) is 0.206. The zero-order valence-electron chi connectivity index (χ0n) is 38.9. The second-order valence-corrected chi connectivity index (χ2v) is 18.4. The maximum Gasteiger partial charge on any atom is 0.165 e. The van der Waals surface area contributed by atoms with Crippen molar-refractivity contribution in [3.05, 3.63) is 216 Å². The summed E-state index contributed by atoms with van der Waals surface area (Å²) in [5, 5.41) is 0. The fourth-order valence-corrected chi connectivity index (χ4v) is 10.6. The fourth-order valence-electron chi connectivity index (χ4n) is 10.6. The minimum absolute atomic E-state index is 0. The Balaban J connectivity index is 0.00000539. The van der Waals surface area contributed by atoms with Gasteiger partial charge in [-0.25, -0.2) is 15.0 Å². The van der Waals surface area contributed by atoms with E-state index in [0.29, 0.717) is 17.5 Å². The molecule has 0 fully saturated rings. The number of nitrogens with zero attached hydrogens (tertiary/aromatic N) is 4. The number of unbranched alkanes of at least 4 members (excludes halogenated alkanes) is 6. The molecule has 0 amide bonds. The van der Waals surface area contributed by atoms with Crippen molar-refractivity contribution in [3.8, 4) is 78.8 Å². The number of fused-ring (bicyclic) bond motifs is 10. The molecule has 0 aliphatic heterocycles. The maximum atomic E-state index is 5.10. The van der Waals surface area contributed by atoms with Crippen LogP contribution in [0.2, 0.25) is 0 Å². The number of rotatable bonds is 15. The molecule has 4 nitrogen and oxygen atoms in total. The molecule has 1 radical (unpaired) electrons. The molecule has 1 spiro atoms. The summed E-state index contributed by atoms with van der Waals surface area (Å²) in [6, 6.07) is 65.7. The van der Waals surface area contributed by atoms with Crippen molar-refractivity contribution in [3.63, 3.8) is 0 Å². The molecule has 0 unspecified atom stereocenters. The Kier molecular flexibility index (Phi) is 13.2. The number of benzene rings is 7. The quantitative estimate of drug-likeness (QED) is 0.0758.